The molecule has 1 heterocycles. The highest BCUT2D eigenvalue weighted by Crippen LogP contribution is 2.28. The third kappa shape index (κ3) is 3.41. The Labute approximate surface area is 151 Å². The van der Waals surface area contributed by atoms with E-state index in [1.165, 1.54) is 0 Å². The van der Waals surface area contributed by atoms with Gasteiger partial charge in [0.2, 0.25) is 0 Å². The zero-order valence-electron chi connectivity index (χ0n) is 13.9. The maximum atomic E-state index is 12.9. The molecule has 1 atom stereocenters. The smallest absolute Gasteiger partial charge is 0.325 e. The van der Waals surface area contributed by atoms with Crippen molar-refractivity contribution in [1.82, 2.24) is 4.90 Å². The number of hydrogen-bond donors (Lipinski definition) is 0. The summed E-state index contributed by atoms with van der Waals surface area (Å²) in [5.41, 5.74) is 2.02. The van der Waals surface area contributed by atoms with Crippen LogP contribution in [0.3, 0.4) is 0 Å². The molecule has 1 aliphatic heterocycles. The number of carbonyl (C=O) groups is 1. The van der Waals surface area contributed by atoms with Crippen molar-refractivity contribution in [3.05, 3.63) is 58.6 Å². The molecule has 0 aromatic heterocycles. The van der Waals surface area contributed by atoms with Gasteiger partial charge in [0.1, 0.15) is 5.75 Å². The summed E-state index contributed by atoms with van der Waals surface area (Å²) in [7, 11) is 1.66. The van der Waals surface area contributed by atoms with Crippen molar-refractivity contribution >= 4 is 27.6 Å². The lowest BCUT2D eigenvalue weighted by molar-refractivity contribution is 0.201. The number of ether oxygens (including phenoxy) is 1. The molecular formula is C19H21BrN2O2. The number of anilines is 1. The summed E-state index contributed by atoms with van der Waals surface area (Å²) >= 11 is 3.44. The van der Waals surface area contributed by atoms with Crippen LogP contribution in [0.2, 0.25) is 0 Å². The maximum Gasteiger partial charge on any atom is 0.325 e. The molecule has 0 unspecified atom stereocenters. The fourth-order valence-corrected chi connectivity index (χ4v) is 3.31. The first-order chi connectivity index (χ1) is 11.6. The van der Waals surface area contributed by atoms with Crippen LogP contribution in [0.1, 0.15) is 18.9 Å². The first-order valence-corrected chi connectivity index (χ1v) is 8.88. The van der Waals surface area contributed by atoms with E-state index in [0.717, 1.165) is 34.4 Å². The number of carbonyl (C=O) groups excluding carboxylic acids is 1. The van der Waals surface area contributed by atoms with E-state index in [9.17, 15) is 4.79 Å². The van der Waals surface area contributed by atoms with E-state index >= 15 is 0 Å². The molecular weight excluding hydrogens is 368 g/mol. The minimum atomic E-state index is 0.0620. The minimum absolute atomic E-state index is 0.0620. The highest BCUT2D eigenvalue weighted by molar-refractivity contribution is 9.10. The fraction of sp³-hybridized carbons (Fsp3) is 0.316. The first kappa shape index (κ1) is 16.8. The van der Waals surface area contributed by atoms with Crippen LogP contribution in [-0.2, 0) is 6.54 Å². The van der Waals surface area contributed by atoms with Crippen molar-refractivity contribution in [3.8, 4) is 5.75 Å². The van der Waals surface area contributed by atoms with Crippen molar-refractivity contribution in [2.24, 2.45) is 0 Å². The van der Waals surface area contributed by atoms with Crippen LogP contribution in [0.5, 0.6) is 5.75 Å². The van der Waals surface area contributed by atoms with Gasteiger partial charge in [0, 0.05) is 23.2 Å². The normalized spacial score (nSPS) is 17.5. The lowest BCUT2D eigenvalue weighted by Gasteiger charge is -2.22. The van der Waals surface area contributed by atoms with Gasteiger partial charge in [-0.05, 0) is 48.4 Å². The third-order valence-corrected chi connectivity index (χ3v) is 4.94. The Balaban J connectivity index is 1.81. The molecule has 126 valence electrons. The highest BCUT2D eigenvalue weighted by atomic mass is 79.9. The molecule has 0 spiro atoms. The highest BCUT2D eigenvalue weighted by Gasteiger charge is 2.36. The second-order valence-corrected chi connectivity index (χ2v) is 6.83. The standard InChI is InChI=1S/C19H21BrN2O2/c1-3-16-13-22(17-9-7-15(20)8-10-17)19(23)21(16)12-14-5-4-6-18(11-14)24-2/h4-11,16H,3,12-13H2,1-2H3/t16-/m0/s1. The third-order valence-electron chi connectivity index (χ3n) is 4.41. The predicted octanol–water partition coefficient (Wildman–Crippen LogP) is 4.68. The second kappa shape index (κ2) is 7.26. The zero-order valence-corrected chi connectivity index (χ0v) is 15.5. The van der Waals surface area contributed by atoms with E-state index < -0.39 is 0 Å². The minimum Gasteiger partial charge on any atom is -0.497 e. The topological polar surface area (TPSA) is 32.8 Å². The molecule has 0 aliphatic carbocycles. The maximum absolute atomic E-state index is 12.9. The van der Waals surface area contributed by atoms with E-state index in [-0.39, 0.29) is 12.1 Å². The average Bonchev–Trinajstić information content (AvgIpc) is 2.92. The number of hydrogen-bond acceptors (Lipinski definition) is 2. The molecule has 2 amide bonds. The van der Waals surface area contributed by atoms with Gasteiger partial charge < -0.3 is 9.64 Å². The van der Waals surface area contributed by atoms with Gasteiger partial charge in [-0.3, -0.25) is 4.90 Å². The van der Waals surface area contributed by atoms with E-state index in [0.29, 0.717) is 6.54 Å². The summed E-state index contributed by atoms with van der Waals surface area (Å²) in [6.45, 7) is 3.45. The molecule has 3 rings (SSSR count). The van der Waals surface area contributed by atoms with Crippen molar-refractivity contribution < 1.29 is 9.53 Å². The van der Waals surface area contributed by atoms with Crippen LogP contribution in [0.25, 0.3) is 0 Å². The lowest BCUT2D eigenvalue weighted by Crippen LogP contribution is -2.34. The van der Waals surface area contributed by atoms with Gasteiger partial charge in [-0.1, -0.05) is 35.0 Å². The Morgan fingerprint density at radius 2 is 1.96 bits per heavy atom. The molecule has 24 heavy (non-hydrogen) atoms. The Bertz CT molecular complexity index is 718. The molecule has 2 aromatic carbocycles. The van der Waals surface area contributed by atoms with Gasteiger partial charge in [0.15, 0.2) is 0 Å². The van der Waals surface area contributed by atoms with Crippen molar-refractivity contribution in [3.63, 3.8) is 0 Å². The monoisotopic (exact) mass is 388 g/mol. The molecule has 0 bridgehead atoms. The van der Waals surface area contributed by atoms with Crippen LogP contribution in [0.15, 0.2) is 53.0 Å². The number of rotatable bonds is 5. The molecule has 0 N–H and O–H groups in total. The first-order valence-electron chi connectivity index (χ1n) is 8.09. The molecule has 1 saturated heterocycles. The summed E-state index contributed by atoms with van der Waals surface area (Å²) in [6.07, 6.45) is 0.933. The molecule has 1 fully saturated rings. The summed E-state index contributed by atoms with van der Waals surface area (Å²) in [5.74, 6) is 0.817. The van der Waals surface area contributed by atoms with E-state index in [4.69, 9.17) is 4.74 Å². The number of methoxy groups -OCH3 is 1. The summed E-state index contributed by atoms with van der Waals surface area (Å²) < 4.78 is 6.29. The van der Waals surface area contributed by atoms with Crippen LogP contribution in [-0.4, -0.2) is 30.6 Å². The molecule has 5 heteroatoms. The van der Waals surface area contributed by atoms with E-state index in [2.05, 4.69) is 22.9 Å². The lowest BCUT2D eigenvalue weighted by atomic mass is 10.1. The van der Waals surface area contributed by atoms with Gasteiger partial charge in [-0.25, -0.2) is 4.79 Å². The number of benzene rings is 2. The van der Waals surface area contributed by atoms with E-state index in [1.54, 1.807) is 7.11 Å². The van der Waals surface area contributed by atoms with Crippen molar-refractivity contribution in [1.29, 1.82) is 0 Å². The average molecular weight is 389 g/mol. The molecule has 2 aromatic rings. The van der Waals surface area contributed by atoms with Crippen LogP contribution < -0.4 is 9.64 Å². The molecule has 4 nitrogen and oxygen atoms in total. The Morgan fingerprint density at radius 1 is 1.21 bits per heavy atom. The Hall–Kier alpha value is -2.01. The number of nitrogens with zero attached hydrogens (tertiary/aromatic N) is 2. The molecule has 0 radical (unpaired) electrons. The predicted molar refractivity (Wildman–Crippen MR) is 99.5 cm³/mol. The summed E-state index contributed by atoms with van der Waals surface area (Å²) in [4.78, 5) is 16.7. The van der Waals surface area contributed by atoms with E-state index in [1.807, 2.05) is 58.3 Å². The number of urea groups is 1. The number of amides is 2. The van der Waals surface area contributed by atoms with Crippen LogP contribution in [0, 0.1) is 0 Å². The Kier molecular flexibility index (Phi) is 5.09. The van der Waals surface area contributed by atoms with Crippen LogP contribution in [0.4, 0.5) is 10.5 Å². The quantitative estimate of drug-likeness (QED) is 0.744. The van der Waals surface area contributed by atoms with Gasteiger partial charge in [0.25, 0.3) is 0 Å². The number of halogens is 1. The van der Waals surface area contributed by atoms with Gasteiger partial charge in [-0.15, -0.1) is 0 Å². The van der Waals surface area contributed by atoms with Crippen LogP contribution >= 0.6 is 15.9 Å². The van der Waals surface area contributed by atoms with Gasteiger partial charge in [-0.2, -0.15) is 0 Å². The second-order valence-electron chi connectivity index (χ2n) is 5.91. The fourth-order valence-electron chi connectivity index (χ4n) is 3.05. The molecule has 1 aliphatic rings. The SMILES string of the molecule is CC[C@H]1CN(c2ccc(Br)cc2)C(=O)N1Cc1cccc(OC)c1. The molecule has 0 saturated carbocycles. The summed E-state index contributed by atoms with van der Waals surface area (Å²) in [5, 5.41) is 0. The van der Waals surface area contributed by atoms with Crippen molar-refractivity contribution in [2.75, 3.05) is 18.6 Å². The van der Waals surface area contributed by atoms with Crippen molar-refractivity contribution in [2.45, 2.75) is 25.9 Å². The Morgan fingerprint density at radius 3 is 2.62 bits per heavy atom. The zero-order chi connectivity index (χ0) is 17.1. The summed E-state index contributed by atoms with van der Waals surface area (Å²) in [6, 6.07) is 16.1. The van der Waals surface area contributed by atoms with Gasteiger partial charge in [0.05, 0.1) is 13.2 Å². The largest absolute Gasteiger partial charge is 0.497 e. The van der Waals surface area contributed by atoms with Gasteiger partial charge >= 0.3 is 6.03 Å².